The molecule has 3 aliphatic heterocycles. The van der Waals surface area contributed by atoms with E-state index in [1.807, 2.05) is 6.92 Å². The highest BCUT2D eigenvalue weighted by Gasteiger charge is 2.45. The molecule has 5 rings (SSSR count). The molecule has 0 aliphatic carbocycles. The van der Waals surface area contributed by atoms with E-state index in [2.05, 4.69) is 43.5 Å². The Labute approximate surface area is 453 Å². The first-order chi connectivity index (χ1) is 36.4. The number of carboxylic acids is 1. The van der Waals surface area contributed by atoms with Crippen LogP contribution in [0.5, 0.6) is 5.75 Å². The maximum atomic E-state index is 14.9. The molecule has 1 aromatic carbocycles. The lowest BCUT2D eigenvalue weighted by Crippen LogP contribution is -2.61. The zero-order valence-electron chi connectivity index (χ0n) is 42.8. The van der Waals surface area contributed by atoms with E-state index >= 15 is 0 Å². The molecule has 2 unspecified atom stereocenters. The number of amides is 7. The smallest absolute Gasteiger partial charge is 0.508 e. The molecule has 424 valence electrons. The summed E-state index contributed by atoms with van der Waals surface area (Å²) in [4.78, 5) is 140. The van der Waals surface area contributed by atoms with E-state index in [4.69, 9.17) is 20.3 Å². The number of carbonyl (C=O) groups excluding carboxylic acids is 9. The molecule has 3 aliphatic rings. The minimum Gasteiger partial charge on any atom is -0.508 e. The predicted octanol–water partition coefficient (Wildman–Crippen LogP) is -1.58. The molecule has 0 spiro atoms. The number of aliphatic hydroxyl groups excluding tert-OH is 2. The number of aromatic hydroxyl groups is 1. The SMILES string of the molecule is C=C1CNC(=O)[C@@H](C(C)CC)CC(=O)CNC(=O)[C@H]2Cc3c([nH]c4cc(O)ccc34)S(=O)C[C@@H](N1)C(=O)N[C@@H](CC(N)=O)C(=O)N1C[C@H](O)C[C@H]1C(=O)N[C@@H]([C@H](C)[C@@H](O)COC(=O)OCCSSC[C@H](C)C(=O)O)C(=O)N2. The van der Waals surface area contributed by atoms with Gasteiger partial charge in [0.2, 0.25) is 41.4 Å². The van der Waals surface area contributed by atoms with E-state index in [0.29, 0.717) is 12.2 Å². The molecular formula is C48H67N9O17S3. The number of fused-ring (bicyclic) bond motifs is 5. The summed E-state index contributed by atoms with van der Waals surface area (Å²) in [5, 5.41) is 57.8. The van der Waals surface area contributed by atoms with E-state index in [1.165, 1.54) is 53.6 Å². The summed E-state index contributed by atoms with van der Waals surface area (Å²) in [6.07, 6.45) is -6.04. The predicted molar refractivity (Wildman–Crippen MR) is 280 cm³/mol. The van der Waals surface area contributed by atoms with Crippen molar-refractivity contribution in [3.8, 4) is 5.75 Å². The molecular weight excluding hydrogens is 1070 g/mol. The maximum Gasteiger partial charge on any atom is 0.508 e. The van der Waals surface area contributed by atoms with Crippen LogP contribution in [0.25, 0.3) is 10.9 Å². The molecule has 13 N–H and O–H groups in total. The molecule has 77 heavy (non-hydrogen) atoms. The number of nitrogens with one attached hydrogen (secondary N) is 7. The van der Waals surface area contributed by atoms with Gasteiger partial charge in [0, 0.05) is 66.3 Å². The number of nitrogens with two attached hydrogens (primary N) is 1. The van der Waals surface area contributed by atoms with Gasteiger partial charge in [-0.05, 0) is 23.6 Å². The number of aliphatic hydroxyl groups is 2. The number of benzene rings is 1. The van der Waals surface area contributed by atoms with Gasteiger partial charge in [0.05, 0.1) is 59.7 Å². The topological polar surface area (TPSA) is 404 Å². The summed E-state index contributed by atoms with van der Waals surface area (Å²) in [5.41, 5.74) is 5.88. The second-order valence-electron chi connectivity index (χ2n) is 19.2. The third-order valence-electron chi connectivity index (χ3n) is 13.4. The van der Waals surface area contributed by atoms with Crippen LogP contribution >= 0.6 is 21.6 Å². The first-order valence-corrected chi connectivity index (χ1v) is 28.6. The molecule has 2 bridgehead atoms. The standard InChI is InChI=1S/C48H67N9O17S3/c1-6-22(2)30-11-27(59)17-51-41(64)33-14-31-29-8-7-26(58)12-32(29)55-45(31)77(72)21-35(52-24(4)16-50-40(30)63)42(65)54-34(15-38(49)62)46(68)57-18-28(60)13-36(57)43(66)56-39(44(67)53-33)25(5)37(61)19-74-48(71)73-9-10-75-76-20-23(3)47(69)70/h7-8,12,22-23,25,28,30,33-37,39,52,55,58,60-61H,4,6,9-11,13-21H2,1-3,5H3,(H2,49,62)(H,50,63)(H,51,64)(H,53,67)(H,54,65)(H,56,66)(H,69,70)/t22?,23-,25+,28+,30+,33+,34-,35+,36-,37-,39-,77?/m0/s1. The number of carboxylic acid groups (broad SMARTS) is 1. The van der Waals surface area contributed by atoms with Gasteiger partial charge in [0.15, 0.2) is 5.78 Å². The fourth-order valence-electron chi connectivity index (χ4n) is 8.67. The minimum absolute atomic E-state index is 0.00821. The molecule has 29 heteroatoms. The number of aliphatic carboxylic acids is 1. The molecule has 1 aromatic heterocycles. The highest BCUT2D eigenvalue weighted by atomic mass is 33.1. The Kier molecular flexibility index (Phi) is 22.6. The Morgan fingerprint density at radius 2 is 1.62 bits per heavy atom. The van der Waals surface area contributed by atoms with Crippen LogP contribution in [-0.4, -0.2) is 186 Å². The van der Waals surface area contributed by atoms with Crippen molar-refractivity contribution in [2.45, 2.75) is 107 Å². The highest BCUT2D eigenvalue weighted by Crippen LogP contribution is 2.31. The minimum atomic E-state index is -2.32. The number of aromatic amines is 1. The number of ketones is 1. The van der Waals surface area contributed by atoms with Crippen molar-refractivity contribution in [3.05, 3.63) is 36.0 Å². The zero-order chi connectivity index (χ0) is 56.8. The van der Waals surface area contributed by atoms with E-state index in [0.717, 1.165) is 4.90 Å². The quantitative estimate of drug-likeness (QED) is 0.0544. The monoisotopic (exact) mass is 1140 g/mol. The number of carbonyl (C=O) groups is 10. The summed E-state index contributed by atoms with van der Waals surface area (Å²) in [6.45, 7) is 7.87. The molecule has 0 saturated carbocycles. The van der Waals surface area contributed by atoms with Crippen molar-refractivity contribution in [2.24, 2.45) is 29.4 Å². The summed E-state index contributed by atoms with van der Waals surface area (Å²) in [7, 11) is 0.177. The normalized spacial score (nSPS) is 26.0. The van der Waals surface area contributed by atoms with Crippen LogP contribution in [0.2, 0.25) is 0 Å². The van der Waals surface area contributed by atoms with Crippen LogP contribution in [0.3, 0.4) is 0 Å². The van der Waals surface area contributed by atoms with Gasteiger partial charge in [0.1, 0.15) is 54.2 Å². The fourth-order valence-corrected chi connectivity index (χ4v) is 12.2. The first-order valence-electron chi connectivity index (χ1n) is 24.7. The van der Waals surface area contributed by atoms with Crippen LogP contribution in [0.4, 0.5) is 4.79 Å². The number of phenols is 1. The number of aromatic nitrogens is 1. The van der Waals surface area contributed by atoms with Crippen molar-refractivity contribution >= 4 is 103 Å². The molecule has 26 nitrogen and oxygen atoms in total. The number of hydrogen-bond donors (Lipinski definition) is 12. The third-order valence-corrected chi connectivity index (χ3v) is 17.3. The van der Waals surface area contributed by atoms with Crippen molar-refractivity contribution in [1.29, 1.82) is 0 Å². The zero-order valence-corrected chi connectivity index (χ0v) is 45.3. The summed E-state index contributed by atoms with van der Waals surface area (Å²) >= 11 is 0. The molecule has 7 amide bonds. The molecule has 0 radical (unpaired) electrons. The molecule has 1 saturated heterocycles. The van der Waals surface area contributed by atoms with Crippen molar-refractivity contribution in [2.75, 3.05) is 50.1 Å². The summed E-state index contributed by atoms with van der Waals surface area (Å²) in [6, 6.07) is -4.59. The maximum absolute atomic E-state index is 14.9. The molecule has 2 aromatic rings. The van der Waals surface area contributed by atoms with Crippen LogP contribution in [0.15, 0.2) is 35.5 Å². The Morgan fingerprint density at radius 3 is 2.31 bits per heavy atom. The van der Waals surface area contributed by atoms with Gasteiger partial charge in [0.25, 0.3) is 0 Å². The lowest BCUT2D eigenvalue weighted by Gasteiger charge is -2.33. The first kappa shape index (κ1) is 61.4. The summed E-state index contributed by atoms with van der Waals surface area (Å²) < 4.78 is 25.0. The van der Waals surface area contributed by atoms with Crippen molar-refractivity contribution in [1.82, 2.24) is 41.8 Å². The number of Topliss-reactive ketones (excluding diaryl/α,β-unsaturated/α-hetero) is 1. The van der Waals surface area contributed by atoms with Gasteiger partial charge in [-0.3, -0.25) is 47.4 Å². The Morgan fingerprint density at radius 1 is 0.909 bits per heavy atom. The number of nitrogens with zero attached hydrogens (tertiary/aromatic N) is 1. The van der Waals surface area contributed by atoms with Crippen molar-refractivity contribution < 1.29 is 82.1 Å². The fraction of sp³-hybridized carbons (Fsp3) is 0.583. The second-order valence-corrected chi connectivity index (χ2v) is 23.3. The van der Waals surface area contributed by atoms with Gasteiger partial charge in [-0.1, -0.05) is 62.3 Å². The lowest BCUT2D eigenvalue weighted by molar-refractivity contribution is -0.144. The Bertz CT molecular complexity index is 2600. The van der Waals surface area contributed by atoms with Crippen LogP contribution < -0.4 is 37.6 Å². The highest BCUT2D eigenvalue weighted by molar-refractivity contribution is 8.76. The van der Waals surface area contributed by atoms with Crippen molar-refractivity contribution in [3.63, 3.8) is 0 Å². The van der Waals surface area contributed by atoms with Gasteiger partial charge in [-0.2, -0.15) is 0 Å². The van der Waals surface area contributed by atoms with Crippen LogP contribution in [0.1, 0.15) is 58.9 Å². The van der Waals surface area contributed by atoms with Gasteiger partial charge in [-0.15, -0.1) is 0 Å². The third kappa shape index (κ3) is 17.0. The van der Waals surface area contributed by atoms with E-state index in [9.17, 15) is 67.5 Å². The van der Waals surface area contributed by atoms with E-state index in [-0.39, 0.29) is 64.2 Å². The average Bonchev–Trinajstić information content (AvgIpc) is 3.98. The number of H-pyrrole nitrogens is 1. The number of rotatable bonds is 15. The second kappa shape index (κ2) is 28.3. The average molecular weight is 1140 g/mol. The van der Waals surface area contributed by atoms with Gasteiger partial charge in [-0.25, -0.2) is 4.79 Å². The lowest BCUT2D eigenvalue weighted by atomic mass is 9.86. The van der Waals surface area contributed by atoms with Crippen LogP contribution in [-0.2, 0) is 69.8 Å². The largest absolute Gasteiger partial charge is 0.508 e. The molecule has 12 atom stereocenters. The Hall–Kier alpha value is -6.43. The van der Waals surface area contributed by atoms with Crippen LogP contribution in [0, 0.1) is 23.7 Å². The van der Waals surface area contributed by atoms with E-state index in [1.54, 1.807) is 6.92 Å². The number of hydrogen-bond acceptors (Lipinski definition) is 19. The molecule has 1 fully saturated rings. The number of primary amides is 1. The Balaban J connectivity index is 1.61. The molecule has 4 heterocycles. The number of ether oxygens (including phenoxy) is 2. The number of phenolic OH excluding ortho intramolecular Hbond substituents is 1. The van der Waals surface area contributed by atoms with Gasteiger partial charge < -0.3 is 77.4 Å². The van der Waals surface area contributed by atoms with Gasteiger partial charge >= 0.3 is 12.1 Å². The van der Waals surface area contributed by atoms with E-state index < -0.39 is 175 Å². The summed E-state index contributed by atoms with van der Waals surface area (Å²) in [5.74, 6) is -12.2.